The van der Waals surface area contributed by atoms with E-state index in [-0.39, 0.29) is 17.2 Å². The lowest BCUT2D eigenvalue weighted by Crippen LogP contribution is -2.44. The Morgan fingerprint density at radius 1 is 0.906 bits per heavy atom. The fourth-order valence-corrected chi connectivity index (χ4v) is 5.29. The zero-order chi connectivity index (χ0) is 22.0. The van der Waals surface area contributed by atoms with Gasteiger partial charge in [0, 0.05) is 6.20 Å². The number of Topliss-reactive ketones (excluding diaryl/α,β-unsaturated/α-hetero) is 1. The third-order valence-electron chi connectivity index (χ3n) is 6.59. The van der Waals surface area contributed by atoms with Gasteiger partial charge in [0.25, 0.3) is 0 Å². The first kappa shape index (κ1) is 18.7. The van der Waals surface area contributed by atoms with E-state index in [1.165, 1.54) is 24.5 Å². The maximum absolute atomic E-state index is 14.6. The number of furan rings is 1. The second-order valence-electron chi connectivity index (χ2n) is 8.14. The van der Waals surface area contributed by atoms with Crippen molar-refractivity contribution in [3.05, 3.63) is 95.8 Å². The number of carbonyl (C=O) groups excluding carboxylic acids is 3. The number of halogens is 1. The molecule has 2 fully saturated rings. The van der Waals surface area contributed by atoms with Gasteiger partial charge in [-0.15, -0.1) is 0 Å². The third kappa shape index (κ3) is 2.42. The van der Waals surface area contributed by atoms with Gasteiger partial charge >= 0.3 is 0 Å². The molecule has 0 radical (unpaired) electrons. The molecule has 0 bridgehead atoms. The van der Waals surface area contributed by atoms with Crippen LogP contribution in [0.2, 0.25) is 0 Å². The Morgan fingerprint density at radius 3 is 2.44 bits per heavy atom. The van der Waals surface area contributed by atoms with Gasteiger partial charge in [-0.2, -0.15) is 0 Å². The highest BCUT2D eigenvalue weighted by Gasteiger charge is 2.65. The standard InChI is InChI=1S/C25H17FN2O4/c26-16-8-3-4-9-17(16)28-24(30)19-20(25(28)31)22(23(29)18-10-5-13-32-18)27-12-11-14-6-1-2-7-15(14)21(19)27/h1-13,19-22H/t19-,20-,21-,22+/m0/s1. The highest BCUT2D eigenvalue weighted by molar-refractivity contribution is 6.24. The molecule has 3 aromatic rings. The molecule has 3 aliphatic rings. The zero-order valence-electron chi connectivity index (χ0n) is 16.7. The molecular formula is C25H17FN2O4. The van der Waals surface area contributed by atoms with Crippen LogP contribution in [0.1, 0.15) is 27.7 Å². The van der Waals surface area contributed by atoms with E-state index in [1.54, 1.807) is 29.3 Å². The molecule has 0 aliphatic carbocycles. The molecule has 32 heavy (non-hydrogen) atoms. The number of carbonyl (C=O) groups is 3. The SMILES string of the molecule is O=C(c1ccco1)[C@H]1[C@H]2C(=O)N(c3ccccc3F)C(=O)[C@@H]2[C@@H]2c3ccccc3C=CN12. The summed E-state index contributed by atoms with van der Waals surface area (Å²) in [7, 11) is 0. The summed E-state index contributed by atoms with van der Waals surface area (Å²) in [5, 5.41) is 0. The number of benzene rings is 2. The number of anilines is 1. The molecule has 3 aliphatic heterocycles. The van der Waals surface area contributed by atoms with Crippen molar-refractivity contribution in [3.63, 3.8) is 0 Å². The number of rotatable bonds is 3. The lowest BCUT2D eigenvalue weighted by atomic mass is 9.84. The average Bonchev–Trinajstić information content (AvgIpc) is 3.51. The van der Waals surface area contributed by atoms with Crippen molar-refractivity contribution >= 4 is 29.4 Å². The highest BCUT2D eigenvalue weighted by Crippen LogP contribution is 2.53. The average molecular weight is 428 g/mol. The van der Waals surface area contributed by atoms with Gasteiger partial charge in [-0.1, -0.05) is 36.4 Å². The van der Waals surface area contributed by atoms with Crippen molar-refractivity contribution in [2.75, 3.05) is 4.90 Å². The topological polar surface area (TPSA) is 70.8 Å². The fourth-order valence-electron chi connectivity index (χ4n) is 5.29. The number of para-hydroxylation sites is 1. The molecule has 0 N–H and O–H groups in total. The van der Waals surface area contributed by atoms with Crippen LogP contribution < -0.4 is 4.90 Å². The van der Waals surface area contributed by atoms with Crippen molar-refractivity contribution in [2.45, 2.75) is 12.1 Å². The summed E-state index contributed by atoms with van der Waals surface area (Å²) in [6, 6.07) is 15.0. The summed E-state index contributed by atoms with van der Waals surface area (Å²) in [4.78, 5) is 43.4. The third-order valence-corrected chi connectivity index (χ3v) is 6.59. The van der Waals surface area contributed by atoms with Crippen molar-refractivity contribution in [1.29, 1.82) is 0 Å². The highest BCUT2D eigenvalue weighted by atomic mass is 19.1. The molecular weight excluding hydrogens is 411 g/mol. The van der Waals surface area contributed by atoms with Crippen molar-refractivity contribution in [3.8, 4) is 0 Å². The van der Waals surface area contributed by atoms with Crippen LogP contribution in [0, 0.1) is 17.7 Å². The lowest BCUT2D eigenvalue weighted by Gasteiger charge is -2.35. The predicted molar refractivity (Wildman–Crippen MR) is 113 cm³/mol. The van der Waals surface area contributed by atoms with Crippen LogP contribution in [0.25, 0.3) is 6.08 Å². The van der Waals surface area contributed by atoms with Crippen LogP contribution in [0.5, 0.6) is 0 Å². The van der Waals surface area contributed by atoms with Gasteiger partial charge in [0.05, 0.1) is 29.8 Å². The number of fused-ring (bicyclic) bond motifs is 5. The van der Waals surface area contributed by atoms with E-state index in [2.05, 4.69) is 0 Å². The van der Waals surface area contributed by atoms with Crippen LogP contribution in [-0.4, -0.2) is 28.5 Å². The summed E-state index contributed by atoms with van der Waals surface area (Å²) in [5.74, 6) is -3.78. The van der Waals surface area contributed by atoms with Gasteiger partial charge < -0.3 is 9.32 Å². The maximum Gasteiger partial charge on any atom is 0.240 e. The van der Waals surface area contributed by atoms with Gasteiger partial charge in [0.1, 0.15) is 11.9 Å². The molecule has 6 nitrogen and oxygen atoms in total. The molecule has 2 aromatic carbocycles. The Kier molecular flexibility index (Phi) is 3.95. The van der Waals surface area contributed by atoms with Gasteiger partial charge in [-0.25, -0.2) is 9.29 Å². The Bertz CT molecular complexity index is 1300. The van der Waals surface area contributed by atoms with Crippen molar-refractivity contribution in [2.24, 2.45) is 11.8 Å². The number of amides is 2. The van der Waals surface area contributed by atoms with Crippen molar-refractivity contribution in [1.82, 2.24) is 4.90 Å². The van der Waals surface area contributed by atoms with Crippen LogP contribution in [-0.2, 0) is 9.59 Å². The monoisotopic (exact) mass is 428 g/mol. The second-order valence-corrected chi connectivity index (χ2v) is 8.14. The minimum Gasteiger partial charge on any atom is -0.461 e. The first-order chi connectivity index (χ1) is 15.6. The molecule has 0 saturated carbocycles. The van der Waals surface area contributed by atoms with E-state index >= 15 is 0 Å². The quantitative estimate of drug-likeness (QED) is 0.469. The van der Waals surface area contributed by atoms with E-state index in [4.69, 9.17) is 4.42 Å². The molecule has 2 saturated heterocycles. The van der Waals surface area contributed by atoms with Crippen LogP contribution in [0.3, 0.4) is 0 Å². The Labute approximate surface area is 182 Å². The zero-order valence-corrected chi connectivity index (χ0v) is 16.7. The lowest BCUT2D eigenvalue weighted by molar-refractivity contribution is -0.123. The van der Waals surface area contributed by atoms with Gasteiger partial charge in [-0.3, -0.25) is 14.4 Å². The molecule has 6 rings (SSSR count). The molecule has 1 aromatic heterocycles. The Morgan fingerprint density at radius 2 is 1.66 bits per heavy atom. The fraction of sp³-hybridized carbons (Fsp3) is 0.160. The minimum absolute atomic E-state index is 0.0905. The number of hydrogen-bond acceptors (Lipinski definition) is 5. The number of nitrogens with zero attached hydrogens (tertiary/aromatic N) is 2. The van der Waals surface area contributed by atoms with E-state index in [0.29, 0.717) is 0 Å². The molecule has 158 valence electrons. The van der Waals surface area contributed by atoms with E-state index in [9.17, 15) is 18.8 Å². The number of imide groups is 1. The smallest absolute Gasteiger partial charge is 0.240 e. The van der Waals surface area contributed by atoms with E-state index in [1.807, 2.05) is 30.3 Å². The number of ketones is 1. The van der Waals surface area contributed by atoms with Gasteiger partial charge in [-0.05, 0) is 41.5 Å². The summed E-state index contributed by atoms with van der Waals surface area (Å²) >= 11 is 0. The summed E-state index contributed by atoms with van der Waals surface area (Å²) < 4.78 is 19.9. The molecule has 0 spiro atoms. The summed E-state index contributed by atoms with van der Waals surface area (Å²) in [5.41, 5.74) is 1.69. The van der Waals surface area contributed by atoms with Gasteiger partial charge in [0.2, 0.25) is 17.6 Å². The first-order valence-corrected chi connectivity index (χ1v) is 10.3. The molecule has 4 atom stereocenters. The number of hydrogen-bond donors (Lipinski definition) is 0. The Balaban J connectivity index is 1.52. The normalized spacial score (nSPS) is 25.7. The van der Waals surface area contributed by atoms with Crippen LogP contribution >= 0.6 is 0 Å². The molecule has 2 amide bonds. The molecule has 4 heterocycles. The minimum atomic E-state index is -0.958. The Hall–Kier alpha value is -4.00. The summed E-state index contributed by atoms with van der Waals surface area (Å²) in [6.45, 7) is 0. The van der Waals surface area contributed by atoms with Crippen molar-refractivity contribution < 1.29 is 23.2 Å². The largest absolute Gasteiger partial charge is 0.461 e. The predicted octanol–water partition coefficient (Wildman–Crippen LogP) is 3.82. The summed E-state index contributed by atoms with van der Waals surface area (Å²) in [6.07, 6.45) is 5.04. The van der Waals surface area contributed by atoms with Gasteiger partial charge in [0.15, 0.2) is 5.76 Å². The maximum atomic E-state index is 14.6. The second kappa shape index (κ2) is 6.75. The van der Waals surface area contributed by atoms with Crippen LogP contribution in [0.4, 0.5) is 10.1 Å². The molecule has 0 unspecified atom stereocenters. The van der Waals surface area contributed by atoms with E-state index < -0.39 is 41.6 Å². The van der Waals surface area contributed by atoms with E-state index in [0.717, 1.165) is 16.0 Å². The first-order valence-electron chi connectivity index (χ1n) is 10.3. The van der Waals surface area contributed by atoms with Crippen LogP contribution in [0.15, 0.2) is 77.5 Å². The molecule has 7 heteroatoms.